The highest BCUT2D eigenvalue weighted by Gasteiger charge is 2.33. The van der Waals surface area contributed by atoms with Crippen LogP contribution in [0.2, 0.25) is 10.0 Å². The van der Waals surface area contributed by atoms with Crippen molar-refractivity contribution in [3.8, 4) is 0 Å². The Labute approximate surface area is 334 Å². The molecule has 0 amide bonds. The molecule has 2 aliphatic heterocycles. The molecule has 0 radical (unpaired) electrons. The van der Waals surface area contributed by atoms with Crippen LogP contribution in [-0.2, 0) is 0 Å². The molecule has 0 bridgehead atoms. The van der Waals surface area contributed by atoms with Crippen LogP contribution in [0.5, 0.6) is 0 Å². The van der Waals surface area contributed by atoms with Crippen LogP contribution >= 0.6 is 71.5 Å². The summed E-state index contributed by atoms with van der Waals surface area (Å²) in [7, 11) is 8.29. The van der Waals surface area contributed by atoms with Crippen LogP contribution in [-0.4, -0.2) is 68.1 Å². The van der Waals surface area contributed by atoms with E-state index >= 15 is 0 Å². The highest BCUT2D eigenvalue weighted by molar-refractivity contribution is 7.99. The lowest BCUT2D eigenvalue weighted by Crippen LogP contribution is -2.24. The number of carbonyl (C=O) groups excluding carboxylic acids is 2. The average Bonchev–Trinajstić information content (AvgIpc) is 3.21. The molecule has 2 heterocycles. The molecule has 4 aromatic carbocycles. The normalized spacial score (nSPS) is 17.0. The van der Waals surface area contributed by atoms with Crippen LogP contribution in [0.4, 0.5) is 0 Å². The zero-order valence-electron chi connectivity index (χ0n) is 29.8. The van der Waals surface area contributed by atoms with Crippen molar-refractivity contribution in [2.24, 2.45) is 11.8 Å². The summed E-state index contributed by atoms with van der Waals surface area (Å²) in [5.74, 6) is 1.04. The van der Waals surface area contributed by atoms with Crippen molar-refractivity contribution in [1.29, 1.82) is 0 Å². The molecule has 2 aliphatic rings. The molecule has 4 unspecified atom stereocenters. The van der Waals surface area contributed by atoms with E-state index < -0.39 is 0 Å². The maximum Gasteiger partial charge on any atom is 0.171 e. The second-order valence-corrected chi connectivity index (χ2v) is 16.6. The third kappa shape index (κ3) is 11.5. The quantitative estimate of drug-likeness (QED) is 0.177. The van der Waals surface area contributed by atoms with E-state index in [1.54, 1.807) is 23.5 Å². The van der Waals surface area contributed by atoms with Gasteiger partial charge in [0.2, 0.25) is 0 Å². The van der Waals surface area contributed by atoms with Gasteiger partial charge in [0.1, 0.15) is 0 Å². The summed E-state index contributed by atoms with van der Waals surface area (Å²) in [5, 5.41) is 1.24. The minimum atomic E-state index is -0.108. The van der Waals surface area contributed by atoms with Gasteiger partial charge in [-0.15, -0.1) is 24.8 Å². The van der Waals surface area contributed by atoms with Crippen LogP contribution in [0, 0.1) is 11.8 Å². The molecule has 4 aromatic rings. The molecule has 0 fully saturated rings. The van der Waals surface area contributed by atoms with Crippen molar-refractivity contribution in [2.45, 2.75) is 58.1 Å². The highest BCUT2D eigenvalue weighted by Crippen LogP contribution is 2.45. The van der Waals surface area contributed by atoms with Crippen molar-refractivity contribution >= 4 is 83.1 Å². The maximum atomic E-state index is 13.3. The number of benzene rings is 4. The van der Waals surface area contributed by atoms with Gasteiger partial charge in [-0.2, -0.15) is 0 Å². The lowest BCUT2D eigenvalue weighted by atomic mass is 9.83. The van der Waals surface area contributed by atoms with Crippen LogP contribution in [0.1, 0.15) is 70.4 Å². The zero-order valence-corrected chi connectivity index (χ0v) is 34.6. The smallest absolute Gasteiger partial charge is 0.171 e. The third-order valence-electron chi connectivity index (χ3n) is 8.71. The van der Waals surface area contributed by atoms with E-state index in [1.165, 1.54) is 9.79 Å². The fraction of sp³-hybridized carbons (Fsp3) is 0.350. The number of carbonyl (C=O) groups is 2. The fourth-order valence-electron chi connectivity index (χ4n) is 6.85. The van der Waals surface area contributed by atoms with Gasteiger partial charge in [-0.05, 0) is 113 Å². The molecule has 0 aromatic heterocycles. The molecular weight excluding hydrogens is 762 g/mol. The van der Waals surface area contributed by atoms with Crippen LogP contribution in [0.25, 0.3) is 0 Å². The predicted octanol–water partition coefficient (Wildman–Crippen LogP) is 10.7. The molecule has 276 valence electrons. The van der Waals surface area contributed by atoms with Crippen LogP contribution in [0.3, 0.4) is 0 Å². The fourth-order valence-corrected chi connectivity index (χ4v) is 9.43. The lowest BCUT2D eigenvalue weighted by molar-refractivity contribution is 0.0934. The van der Waals surface area contributed by atoms with E-state index in [4.69, 9.17) is 23.2 Å². The molecular formula is C40H48Cl4N2O3S2. The molecule has 51 heavy (non-hydrogen) atoms. The van der Waals surface area contributed by atoms with Gasteiger partial charge < -0.3 is 15.3 Å². The van der Waals surface area contributed by atoms with Gasteiger partial charge in [0.25, 0.3) is 0 Å². The average molecular weight is 811 g/mol. The Morgan fingerprint density at radius 3 is 1.29 bits per heavy atom. The summed E-state index contributed by atoms with van der Waals surface area (Å²) in [6.45, 7) is 6.38. The minimum absolute atomic E-state index is 0. The summed E-state index contributed by atoms with van der Waals surface area (Å²) in [5.41, 5.74) is 3.80. The largest absolute Gasteiger partial charge is 0.412 e. The second kappa shape index (κ2) is 20.4. The monoisotopic (exact) mass is 808 g/mol. The molecule has 5 nitrogen and oxygen atoms in total. The number of hydrogen-bond acceptors (Lipinski definition) is 6. The molecule has 0 saturated heterocycles. The topological polar surface area (TPSA) is 72.1 Å². The van der Waals surface area contributed by atoms with Crippen molar-refractivity contribution < 1.29 is 15.1 Å². The summed E-state index contributed by atoms with van der Waals surface area (Å²) in [4.78, 5) is 35.3. The first-order chi connectivity index (χ1) is 22.9. The maximum absolute atomic E-state index is 13.3. The Balaban J connectivity index is 0.000000334. The van der Waals surface area contributed by atoms with E-state index in [9.17, 15) is 9.59 Å². The Morgan fingerprint density at radius 2 is 0.941 bits per heavy atom. The van der Waals surface area contributed by atoms with Gasteiger partial charge in [-0.25, -0.2) is 0 Å². The van der Waals surface area contributed by atoms with Crippen molar-refractivity contribution in [1.82, 2.24) is 9.80 Å². The van der Waals surface area contributed by atoms with Crippen molar-refractivity contribution in [3.63, 3.8) is 0 Å². The zero-order chi connectivity index (χ0) is 34.5. The number of ketones is 2. The van der Waals surface area contributed by atoms with Gasteiger partial charge >= 0.3 is 0 Å². The Hall–Kier alpha value is -2.04. The predicted molar refractivity (Wildman–Crippen MR) is 221 cm³/mol. The Morgan fingerprint density at radius 1 is 0.588 bits per heavy atom. The van der Waals surface area contributed by atoms with Gasteiger partial charge in [0, 0.05) is 65.7 Å². The van der Waals surface area contributed by atoms with E-state index in [0.29, 0.717) is 21.9 Å². The first-order valence-electron chi connectivity index (χ1n) is 16.4. The van der Waals surface area contributed by atoms with Crippen LogP contribution < -0.4 is 0 Å². The summed E-state index contributed by atoms with van der Waals surface area (Å²) < 4.78 is 0. The number of hydrogen-bond donors (Lipinski definition) is 0. The number of nitrogens with zero attached hydrogens (tertiary/aromatic N) is 2. The minimum Gasteiger partial charge on any atom is -0.412 e. The lowest BCUT2D eigenvalue weighted by Gasteiger charge is -2.23. The molecule has 11 heteroatoms. The van der Waals surface area contributed by atoms with E-state index in [1.807, 2.05) is 60.7 Å². The summed E-state index contributed by atoms with van der Waals surface area (Å²) >= 11 is 15.7. The second-order valence-electron chi connectivity index (χ2n) is 13.6. The highest BCUT2D eigenvalue weighted by atomic mass is 35.5. The molecule has 4 atom stereocenters. The molecule has 0 spiro atoms. The first kappa shape index (κ1) is 45.1. The van der Waals surface area contributed by atoms with E-state index in [2.05, 4.69) is 76.1 Å². The first-order valence-corrected chi connectivity index (χ1v) is 18.8. The van der Waals surface area contributed by atoms with Crippen molar-refractivity contribution in [2.75, 3.05) is 41.3 Å². The van der Waals surface area contributed by atoms with E-state index in [0.717, 1.165) is 58.0 Å². The molecule has 2 N–H and O–H groups in total. The number of fused-ring (bicyclic) bond motifs is 4. The standard InChI is InChI=1S/2C20H22ClNOS.2ClH.H2O/c2*1-13(12-22(2)3)10-16-15-6-4-5-7-18(15)24-19-9-8-14(21)11-17(19)20(16)23;;;/h2*4-9,11,13,16H,10,12H2,1-3H3;2*1H;1H2. The van der Waals surface area contributed by atoms with Crippen LogP contribution in [0.15, 0.2) is 105 Å². The van der Waals surface area contributed by atoms with E-state index in [-0.39, 0.29) is 53.7 Å². The van der Waals surface area contributed by atoms with Crippen molar-refractivity contribution in [3.05, 3.63) is 117 Å². The third-order valence-corrected chi connectivity index (χ3v) is 11.5. The number of rotatable bonds is 8. The molecule has 6 rings (SSSR count). The van der Waals surface area contributed by atoms with Gasteiger partial charge in [-0.1, -0.05) is 97.0 Å². The summed E-state index contributed by atoms with van der Waals surface area (Å²) in [6, 6.07) is 27.8. The Kier molecular flexibility index (Phi) is 18.1. The Bertz CT molecular complexity index is 1660. The van der Waals surface area contributed by atoms with Gasteiger partial charge in [-0.3, -0.25) is 9.59 Å². The van der Waals surface area contributed by atoms with Gasteiger partial charge in [0.15, 0.2) is 11.6 Å². The molecule has 0 aliphatic carbocycles. The number of halogens is 4. The number of Topliss-reactive ketones (excluding diaryl/α,β-unsaturated/α-hetero) is 2. The van der Waals surface area contributed by atoms with Gasteiger partial charge in [0.05, 0.1) is 0 Å². The SMILES string of the molecule is CC(CC1C(=O)c2cc(Cl)ccc2Sc2ccccc21)CN(C)C.CC(CC1C(=O)c2cc(Cl)ccc2Sc2ccccc21)CN(C)C.Cl.Cl.O. The summed E-state index contributed by atoms with van der Waals surface area (Å²) in [6.07, 6.45) is 1.70. The molecule has 0 saturated carbocycles.